The van der Waals surface area contributed by atoms with Crippen LogP contribution in [0.1, 0.15) is 33.4 Å². The second-order valence-corrected chi connectivity index (χ2v) is 26.1. The number of furan rings is 4. The first-order valence-electron chi connectivity index (χ1n) is 33.7. The zero-order valence-electron chi connectivity index (χ0n) is 57.9. The Morgan fingerprint density at radius 3 is 1.17 bits per heavy atom. The number of para-hydroxylation sites is 1. The molecule has 0 saturated carbocycles. The Labute approximate surface area is 582 Å². The number of rotatable bonds is 6. The van der Waals surface area contributed by atoms with Crippen LogP contribution in [0.3, 0.4) is 0 Å². The third-order valence-electron chi connectivity index (χ3n) is 19.7. The van der Waals surface area contributed by atoms with Crippen molar-refractivity contribution in [3.05, 3.63) is 312 Å². The molecular formula is C90H73F3N4O4+4. The fourth-order valence-electron chi connectivity index (χ4n) is 14.1. The topological polar surface area (TPSA) is 68.1 Å². The molecule has 0 saturated heterocycles. The number of pyridine rings is 4. The third kappa shape index (κ3) is 11.8. The van der Waals surface area contributed by atoms with Gasteiger partial charge in [-0.15, -0.1) is 0 Å². The summed E-state index contributed by atoms with van der Waals surface area (Å²) in [6, 6.07) is 77.9. The number of hydrogen-bond donors (Lipinski definition) is 0. The summed E-state index contributed by atoms with van der Waals surface area (Å²) in [4.78, 5) is 0. The number of benzene rings is 10. The summed E-state index contributed by atoms with van der Waals surface area (Å²) in [7, 11) is 8.16. The Hall–Kier alpha value is -12.2. The van der Waals surface area contributed by atoms with Crippen molar-refractivity contribution in [2.45, 2.75) is 41.5 Å². The van der Waals surface area contributed by atoms with E-state index in [1.165, 1.54) is 39.2 Å². The van der Waals surface area contributed by atoms with Gasteiger partial charge < -0.3 is 17.7 Å². The summed E-state index contributed by atoms with van der Waals surface area (Å²) in [5.41, 5.74) is 24.0. The SMILES string of the molecule is Cc1c(-c2cccc[n+]2C)cc2c(oc3ccccc32)c1C.Cc1cc2oc3c(F)c(-c4ccccc4)ccc3c2cc1-c1cccc[n+]1C.Cc1cc2oc3c(F)c(C)ccc3c2cc1-c1cccc[n+]1C.Cc1cc2oc3c(F)ccc(-c4ccccc4)c3c2cc1-c1cccc[n+]1C. The Balaban J connectivity index is 0.000000110. The van der Waals surface area contributed by atoms with Gasteiger partial charge in [0.15, 0.2) is 59.0 Å². The van der Waals surface area contributed by atoms with Crippen molar-refractivity contribution in [2.24, 2.45) is 28.2 Å². The summed E-state index contributed by atoms with van der Waals surface area (Å²) in [6.45, 7) is 12.2. The van der Waals surface area contributed by atoms with Gasteiger partial charge >= 0.3 is 0 Å². The number of aryl methyl sites for hydroxylation is 9. The van der Waals surface area contributed by atoms with Gasteiger partial charge in [0.2, 0.25) is 22.8 Å². The summed E-state index contributed by atoms with van der Waals surface area (Å²) in [6.07, 6.45) is 8.16. The standard InChI is InChI=1S/2C25H19FNO.C20H17FNO.C20H18NO/c1-16-14-23-20(15-19(16)22-10-6-7-13-27(22)2)24-18(17-8-4-3-5-9-17)11-12-21(26)25(24)28-23;1-16-14-23-21(15-20(16)22-10-6-7-13-27(22)2)19-12-11-18(24(26)25(19)28-23)17-8-4-3-5-9-17;1-12-7-8-14-16-11-15(17-6-4-5-9-22(17)3)13(2)10-18(16)23-20(14)19(12)21;1-13-14(2)20-17(15-8-4-5-10-19(15)22-20)12-16(13)18-9-6-7-11-21(18)3/h2*3-15H,1-2H3;4-11H,1-3H3;4-12H,1-3H3/q4*+1. The number of hydrogen-bond acceptors (Lipinski definition) is 4. The molecule has 0 N–H and O–H groups in total. The lowest BCUT2D eigenvalue weighted by Gasteiger charge is -2.08. The van der Waals surface area contributed by atoms with E-state index in [0.29, 0.717) is 39.0 Å². The molecule has 0 aliphatic carbocycles. The molecule has 8 aromatic heterocycles. The van der Waals surface area contributed by atoms with Crippen molar-refractivity contribution in [1.82, 2.24) is 0 Å². The first-order valence-corrected chi connectivity index (χ1v) is 33.7. The zero-order valence-corrected chi connectivity index (χ0v) is 57.9. The lowest BCUT2D eigenvalue weighted by atomic mass is 9.96. The van der Waals surface area contributed by atoms with E-state index in [-0.39, 0.29) is 17.5 Å². The van der Waals surface area contributed by atoms with Gasteiger partial charge in [0.25, 0.3) is 0 Å². The first kappa shape index (κ1) is 64.8. The Kier molecular flexibility index (Phi) is 17.0. The maximum atomic E-state index is 15.3. The van der Waals surface area contributed by atoms with Crippen molar-refractivity contribution < 1.29 is 49.1 Å². The Morgan fingerprint density at radius 1 is 0.257 bits per heavy atom. The number of aromatic nitrogens is 4. The van der Waals surface area contributed by atoms with E-state index in [9.17, 15) is 8.78 Å². The summed E-state index contributed by atoms with van der Waals surface area (Å²) in [5, 5.41) is 7.62. The van der Waals surface area contributed by atoms with Crippen LogP contribution in [0.4, 0.5) is 13.2 Å². The van der Waals surface area contributed by atoms with Gasteiger partial charge in [-0.25, -0.2) is 31.4 Å². The number of fused-ring (bicyclic) bond motifs is 12. The monoisotopic (exact) mass is 1330 g/mol. The predicted molar refractivity (Wildman–Crippen MR) is 400 cm³/mol. The largest absolute Gasteiger partial charge is 0.456 e. The van der Waals surface area contributed by atoms with Gasteiger partial charge in [-0.05, 0) is 177 Å². The third-order valence-corrected chi connectivity index (χ3v) is 19.7. The van der Waals surface area contributed by atoms with Crippen LogP contribution in [0.15, 0.2) is 279 Å². The van der Waals surface area contributed by atoms with Gasteiger partial charge in [0, 0.05) is 114 Å². The van der Waals surface area contributed by atoms with Gasteiger partial charge in [-0.2, -0.15) is 0 Å². The lowest BCUT2D eigenvalue weighted by molar-refractivity contribution is -0.660. The smallest absolute Gasteiger partial charge is 0.212 e. The van der Waals surface area contributed by atoms with Crippen LogP contribution in [0.2, 0.25) is 0 Å². The molecule has 18 rings (SSSR count). The van der Waals surface area contributed by atoms with Crippen LogP contribution >= 0.6 is 0 Å². The quantitative estimate of drug-likeness (QED) is 0.156. The van der Waals surface area contributed by atoms with Crippen LogP contribution in [0.25, 0.3) is 155 Å². The van der Waals surface area contributed by atoms with Crippen LogP contribution in [-0.4, -0.2) is 0 Å². The lowest BCUT2D eigenvalue weighted by Crippen LogP contribution is -2.30. The average molecular weight is 1330 g/mol. The molecule has 10 aromatic carbocycles. The van der Waals surface area contributed by atoms with E-state index < -0.39 is 0 Å². The van der Waals surface area contributed by atoms with Crippen molar-refractivity contribution in [2.75, 3.05) is 0 Å². The molecule has 0 aliphatic rings. The fourth-order valence-corrected chi connectivity index (χ4v) is 14.1. The van der Waals surface area contributed by atoms with Crippen molar-refractivity contribution in [1.29, 1.82) is 0 Å². The molecule has 18 aromatic rings. The molecule has 0 unspecified atom stereocenters. The molecule has 0 atom stereocenters. The van der Waals surface area contributed by atoms with Crippen LogP contribution in [-0.2, 0) is 28.2 Å². The van der Waals surface area contributed by atoms with E-state index in [4.69, 9.17) is 17.7 Å². The van der Waals surface area contributed by atoms with Gasteiger partial charge in [-0.1, -0.05) is 103 Å². The van der Waals surface area contributed by atoms with Gasteiger partial charge in [0.05, 0.1) is 5.56 Å². The molecule has 0 bridgehead atoms. The second-order valence-electron chi connectivity index (χ2n) is 26.1. The van der Waals surface area contributed by atoms with Gasteiger partial charge in [0.1, 0.15) is 56.1 Å². The van der Waals surface area contributed by atoms with Gasteiger partial charge in [-0.3, -0.25) is 0 Å². The molecule has 0 radical (unpaired) electrons. The van der Waals surface area contributed by atoms with E-state index in [0.717, 1.165) is 116 Å². The number of nitrogens with zero attached hydrogens (tertiary/aromatic N) is 4. The van der Waals surface area contributed by atoms with Crippen molar-refractivity contribution >= 4 is 87.8 Å². The summed E-state index contributed by atoms with van der Waals surface area (Å²) >= 11 is 0. The van der Waals surface area contributed by atoms with Crippen molar-refractivity contribution in [3.8, 4) is 67.3 Å². The first-order chi connectivity index (χ1) is 49.0. The molecule has 8 heterocycles. The zero-order chi connectivity index (χ0) is 69.9. The van der Waals surface area contributed by atoms with Crippen LogP contribution in [0.5, 0.6) is 0 Å². The summed E-state index contributed by atoms with van der Waals surface area (Å²) < 4.78 is 76.4. The highest BCUT2D eigenvalue weighted by Crippen LogP contribution is 2.43. The average Bonchev–Trinajstić information content (AvgIpc) is 1.60. The second kappa shape index (κ2) is 26.6. The molecular weight excluding hydrogens is 1260 g/mol. The minimum atomic E-state index is -0.338. The van der Waals surface area contributed by atoms with Crippen LogP contribution in [0, 0.1) is 59.0 Å². The summed E-state index contributed by atoms with van der Waals surface area (Å²) in [5.74, 6) is -0.928. The maximum absolute atomic E-state index is 15.3. The van der Waals surface area contributed by atoms with Crippen molar-refractivity contribution in [3.63, 3.8) is 0 Å². The van der Waals surface area contributed by atoms with E-state index in [2.05, 4.69) is 139 Å². The molecule has 0 spiro atoms. The molecule has 0 amide bonds. The van der Waals surface area contributed by atoms with E-state index in [1.54, 1.807) is 13.0 Å². The minimum Gasteiger partial charge on any atom is -0.456 e. The normalized spacial score (nSPS) is 11.4. The predicted octanol–water partition coefficient (Wildman–Crippen LogP) is 21.9. The maximum Gasteiger partial charge on any atom is 0.212 e. The highest BCUT2D eigenvalue weighted by Gasteiger charge is 2.25. The molecule has 101 heavy (non-hydrogen) atoms. The van der Waals surface area contributed by atoms with Crippen LogP contribution < -0.4 is 18.3 Å². The fraction of sp³-hybridized carbons (Fsp3) is 0.111. The highest BCUT2D eigenvalue weighted by atomic mass is 19.1. The molecule has 0 fully saturated rings. The van der Waals surface area contributed by atoms with E-state index >= 15 is 4.39 Å². The number of halogens is 3. The Morgan fingerprint density at radius 2 is 0.653 bits per heavy atom. The minimum absolute atomic E-state index is 0.275. The highest BCUT2D eigenvalue weighted by molar-refractivity contribution is 6.14. The molecule has 494 valence electrons. The molecule has 11 heteroatoms. The molecule has 8 nitrogen and oxygen atoms in total. The van der Waals surface area contributed by atoms with E-state index in [1.807, 2.05) is 191 Å². The molecule has 0 aliphatic heterocycles. The Bertz CT molecular complexity index is 6260.